The summed E-state index contributed by atoms with van der Waals surface area (Å²) in [5.41, 5.74) is -2.60. The largest absolute Gasteiger partial charge is 0.461 e. The number of hydrogen-bond donors (Lipinski definition) is 5. The summed E-state index contributed by atoms with van der Waals surface area (Å²) in [5, 5.41) is 18.3. The van der Waals surface area contributed by atoms with E-state index >= 15 is 0 Å². The van der Waals surface area contributed by atoms with Crippen molar-refractivity contribution in [3.8, 4) is 0 Å². The van der Waals surface area contributed by atoms with E-state index in [1.54, 1.807) is 9.80 Å². The summed E-state index contributed by atoms with van der Waals surface area (Å²) < 4.78 is 31.1. The van der Waals surface area contributed by atoms with E-state index in [0.29, 0.717) is 64.2 Å². The Morgan fingerprint density at radius 3 is 0.558 bits per heavy atom. The molecule has 77 heavy (non-hydrogen) atoms. The Morgan fingerprint density at radius 2 is 0.403 bits per heavy atom. The van der Waals surface area contributed by atoms with Crippen molar-refractivity contribution in [2.75, 3.05) is 58.9 Å². The monoisotopic (exact) mass is 1090 g/mol. The molecule has 0 spiro atoms. The van der Waals surface area contributed by atoms with Crippen LogP contribution >= 0.6 is 0 Å². The third-order valence-corrected chi connectivity index (χ3v) is 15.5. The normalized spacial score (nSPS) is 25.7. The average molecular weight is 1090 g/mol. The van der Waals surface area contributed by atoms with E-state index in [1.807, 2.05) is 4.90 Å². The van der Waals surface area contributed by atoms with Crippen LogP contribution in [0.3, 0.4) is 0 Å². The minimum absolute atomic E-state index is 0.118. The van der Waals surface area contributed by atoms with Gasteiger partial charge in [0.25, 0.3) is 0 Å². The van der Waals surface area contributed by atoms with Crippen molar-refractivity contribution in [3.63, 3.8) is 0 Å². The molecule has 0 bridgehead atoms. The molecular formula is C59H108N8O10. The second-order valence-corrected chi connectivity index (χ2v) is 30.8. The van der Waals surface area contributed by atoms with Gasteiger partial charge in [0.15, 0.2) is 0 Å². The number of rotatable bonds is 21. The van der Waals surface area contributed by atoms with Crippen LogP contribution < -0.4 is 26.6 Å². The standard InChI is InChI=1S/C59H108N8O10/c1-50(2)25-40(26-51(3,4)60-50)73-45(68)35-65(21-23-66(36-46(69)74-41-27-52(5,6)61-53(7,8)28-41)37-47(70)75-42-29-54(9,10)62-55(11,12)30-42)22-24-67(38-48(71)76-43-31-56(13,14)63-57(15,16)32-43)39-49(72)77-44-33-58(17,18)64-59(19,20)34-44/h40-44,60-64H,21-39H2,1-20H3. The van der Waals surface area contributed by atoms with Crippen molar-refractivity contribution in [1.29, 1.82) is 0 Å². The van der Waals surface area contributed by atoms with E-state index in [4.69, 9.17) is 23.7 Å². The number of nitrogens with zero attached hydrogens (tertiary/aromatic N) is 3. The predicted octanol–water partition coefficient (Wildman–Crippen LogP) is 6.15. The summed E-state index contributed by atoms with van der Waals surface area (Å²) in [6, 6.07) is 0. The third kappa shape index (κ3) is 22.8. The van der Waals surface area contributed by atoms with Gasteiger partial charge in [0.05, 0.1) is 32.7 Å². The molecule has 444 valence electrons. The van der Waals surface area contributed by atoms with Crippen LogP contribution in [-0.4, -0.2) is 189 Å². The maximum Gasteiger partial charge on any atom is 0.320 e. The smallest absolute Gasteiger partial charge is 0.320 e. The van der Waals surface area contributed by atoms with Crippen molar-refractivity contribution in [1.82, 2.24) is 41.3 Å². The number of carbonyl (C=O) groups excluding carboxylic acids is 5. The van der Waals surface area contributed by atoms with Crippen molar-refractivity contribution >= 4 is 29.8 Å². The second kappa shape index (κ2) is 24.2. The minimum Gasteiger partial charge on any atom is -0.461 e. The Balaban J connectivity index is 1.40. The number of piperidine rings is 5. The highest BCUT2D eigenvalue weighted by Gasteiger charge is 2.44. The van der Waals surface area contributed by atoms with Gasteiger partial charge in [-0.1, -0.05) is 0 Å². The second-order valence-electron chi connectivity index (χ2n) is 30.8. The lowest BCUT2D eigenvalue weighted by molar-refractivity contribution is -0.160. The van der Waals surface area contributed by atoms with E-state index in [0.717, 1.165) is 0 Å². The number of carbonyl (C=O) groups is 5. The third-order valence-electron chi connectivity index (χ3n) is 15.5. The number of esters is 5. The zero-order valence-electron chi connectivity index (χ0n) is 51.7. The molecule has 18 nitrogen and oxygen atoms in total. The van der Waals surface area contributed by atoms with Gasteiger partial charge in [-0.05, 0) is 138 Å². The fourth-order valence-corrected chi connectivity index (χ4v) is 14.9. The van der Waals surface area contributed by atoms with E-state index < -0.39 is 29.8 Å². The predicted molar refractivity (Wildman–Crippen MR) is 301 cm³/mol. The maximum absolute atomic E-state index is 14.2. The van der Waals surface area contributed by atoms with E-state index in [2.05, 4.69) is 165 Å². The molecule has 5 aliphatic rings. The van der Waals surface area contributed by atoms with Gasteiger partial charge >= 0.3 is 29.8 Å². The first kappa shape index (κ1) is 64.8. The molecule has 0 aromatic heterocycles. The van der Waals surface area contributed by atoms with Crippen LogP contribution in [0.1, 0.15) is 203 Å². The molecule has 0 amide bonds. The summed E-state index contributed by atoms with van der Waals surface area (Å²) in [6.45, 7) is 42.0. The van der Waals surface area contributed by atoms with Crippen molar-refractivity contribution in [2.24, 2.45) is 0 Å². The summed E-state index contributed by atoms with van der Waals surface area (Å²) in [6.07, 6.45) is 4.66. The van der Waals surface area contributed by atoms with Crippen molar-refractivity contribution in [3.05, 3.63) is 0 Å². The lowest BCUT2D eigenvalue weighted by Gasteiger charge is -2.46. The first-order chi connectivity index (χ1) is 34.8. The number of ether oxygens (including phenoxy) is 5. The highest BCUT2D eigenvalue weighted by molar-refractivity contribution is 5.76. The summed E-state index contributed by atoms with van der Waals surface area (Å²) in [5.74, 6) is -2.23. The van der Waals surface area contributed by atoms with E-state index in [1.165, 1.54) is 0 Å². The quantitative estimate of drug-likeness (QED) is 0.0646. The van der Waals surface area contributed by atoms with Gasteiger partial charge in [-0.2, -0.15) is 0 Å². The molecule has 0 saturated carbocycles. The Kier molecular flexibility index (Phi) is 20.4. The topological polar surface area (TPSA) is 201 Å². The molecule has 18 heteroatoms. The van der Waals surface area contributed by atoms with E-state index in [9.17, 15) is 24.0 Å². The molecule has 5 saturated heterocycles. The fourth-order valence-electron chi connectivity index (χ4n) is 14.9. The zero-order valence-corrected chi connectivity index (χ0v) is 51.7. The number of nitrogens with one attached hydrogen (secondary N) is 5. The maximum atomic E-state index is 14.2. The highest BCUT2D eigenvalue weighted by Crippen LogP contribution is 2.35. The summed E-state index contributed by atoms with van der Waals surface area (Å²) >= 11 is 0. The van der Waals surface area contributed by atoms with Crippen LogP contribution in [-0.2, 0) is 47.7 Å². The van der Waals surface area contributed by atoms with Crippen LogP contribution in [0.5, 0.6) is 0 Å². The molecule has 0 aromatic rings. The van der Waals surface area contributed by atoms with Crippen LogP contribution in [0, 0.1) is 0 Å². The number of hydrogen-bond acceptors (Lipinski definition) is 18. The van der Waals surface area contributed by atoms with Gasteiger partial charge in [-0.15, -0.1) is 0 Å². The van der Waals surface area contributed by atoms with Crippen LogP contribution in [0.15, 0.2) is 0 Å². The highest BCUT2D eigenvalue weighted by atomic mass is 16.6. The first-order valence-electron chi connectivity index (χ1n) is 29.0. The van der Waals surface area contributed by atoms with Gasteiger partial charge in [0.2, 0.25) is 0 Å². The average Bonchev–Trinajstić information content (AvgIpc) is 3.12. The van der Waals surface area contributed by atoms with E-state index in [-0.39, 0.29) is 145 Å². The molecule has 5 rings (SSSR count). The molecule has 0 atom stereocenters. The van der Waals surface area contributed by atoms with Crippen molar-refractivity contribution < 1.29 is 47.7 Å². The Hall–Kier alpha value is -2.97. The van der Waals surface area contributed by atoms with Crippen LogP contribution in [0.2, 0.25) is 0 Å². The zero-order chi connectivity index (χ0) is 58.0. The fraction of sp³-hybridized carbons (Fsp3) is 0.915. The molecule has 0 aromatic carbocycles. The lowest BCUT2D eigenvalue weighted by atomic mass is 9.81. The molecule has 5 fully saturated rings. The Bertz CT molecular complexity index is 1760. The molecule has 0 radical (unpaired) electrons. The molecule has 5 heterocycles. The summed E-state index contributed by atoms with van der Waals surface area (Å²) in [4.78, 5) is 75.8. The molecule has 5 aliphatic heterocycles. The molecular weight excluding hydrogens is 981 g/mol. The van der Waals surface area contributed by atoms with Crippen molar-refractivity contribution in [2.45, 2.75) is 289 Å². The first-order valence-corrected chi connectivity index (χ1v) is 29.0. The van der Waals surface area contributed by atoms with Gasteiger partial charge in [0.1, 0.15) is 30.5 Å². The molecule has 0 aliphatic carbocycles. The van der Waals surface area contributed by atoms with Gasteiger partial charge in [0, 0.05) is 146 Å². The van der Waals surface area contributed by atoms with Crippen LogP contribution in [0.25, 0.3) is 0 Å². The minimum atomic E-state index is -0.452. The molecule has 5 N–H and O–H groups in total. The van der Waals surface area contributed by atoms with Gasteiger partial charge < -0.3 is 50.3 Å². The Morgan fingerprint density at radius 1 is 0.273 bits per heavy atom. The van der Waals surface area contributed by atoms with Gasteiger partial charge in [-0.25, -0.2) is 0 Å². The lowest BCUT2D eigenvalue weighted by Crippen LogP contribution is -2.60. The summed E-state index contributed by atoms with van der Waals surface area (Å²) in [7, 11) is 0. The SMILES string of the molecule is CC1(C)CC(OC(=O)CN(CCN(CC(=O)OC2CC(C)(C)NC(C)(C)C2)CC(=O)OC2CC(C)(C)NC(C)(C)C2)CCN(CC(=O)OC2CC(C)(C)NC(C)(C)C2)CC(=O)OC2CC(C)(C)NC(C)(C)C2)CC(C)(C)N1. The molecule has 0 unspecified atom stereocenters. The Labute approximate surface area is 464 Å². The van der Waals surface area contributed by atoms with Gasteiger partial charge in [-0.3, -0.25) is 38.7 Å². The van der Waals surface area contributed by atoms with Crippen LogP contribution in [0.4, 0.5) is 0 Å².